The molecule has 0 radical (unpaired) electrons. The largest absolute Gasteiger partial charge is 0.395 e. The number of nitrogens with zero attached hydrogens (tertiary/aromatic N) is 1. The van der Waals surface area contributed by atoms with Crippen LogP contribution in [-0.2, 0) is 5.75 Å². The molecule has 2 N–H and O–H groups in total. The van der Waals surface area contributed by atoms with Gasteiger partial charge in [-0.3, -0.25) is 0 Å². The first-order valence-corrected chi connectivity index (χ1v) is 8.35. The Balaban J connectivity index is 2.57. The molecule has 0 spiro atoms. The number of carbonyl (C=O) groups is 1. The molecule has 0 atom stereocenters. The second-order valence-electron chi connectivity index (χ2n) is 4.62. The van der Waals surface area contributed by atoms with Crippen molar-refractivity contribution in [1.82, 2.24) is 4.90 Å². The molecule has 1 aromatic rings. The van der Waals surface area contributed by atoms with Crippen molar-refractivity contribution in [3.63, 3.8) is 0 Å². The molecule has 1 aromatic carbocycles. The van der Waals surface area contributed by atoms with E-state index in [4.69, 9.17) is 5.11 Å². The molecule has 112 valence electrons. The smallest absolute Gasteiger partial charge is 0.321 e. The predicted octanol–water partition coefficient (Wildman–Crippen LogP) is 3.18. The number of hydrogen-bond acceptors (Lipinski definition) is 3. The Hall–Kier alpha value is -1.20. The lowest BCUT2D eigenvalue weighted by atomic mass is 10.2. The molecule has 4 nitrogen and oxygen atoms in total. The summed E-state index contributed by atoms with van der Waals surface area (Å²) in [6, 6.07) is 7.73. The van der Waals surface area contributed by atoms with Gasteiger partial charge in [-0.15, -0.1) is 0 Å². The third kappa shape index (κ3) is 5.84. The molecular weight excluding hydrogens is 272 g/mol. The number of rotatable bonds is 8. The van der Waals surface area contributed by atoms with Crippen molar-refractivity contribution in [2.24, 2.45) is 0 Å². The number of aliphatic hydroxyl groups is 1. The van der Waals surface area contributed by atoms with Crippen molar-refractivity contribution in [3.8, 4) is 0 Å². The van der Waals surface area contributed by atoms with E-state index in [-0.39, 0.29) is 12.6 Å². The fourth-order valence-corrected chi connectivity index (χ4v) is 2.36. The zero-order valence-electron chi connectivity index (χ0n) is 12.3. The van der Waals surface area contributed by atoms with Crippen LogP contribution in [0.15, 0.2) is 24.3 Å². The summed E-state index contributed by atoms with van der Waals surface area (Å²) in [5.41, 5.74) is 2.04. The number of urea groups is 1. The van der Waals surface area contributed by atoms with E-state index < -0.39 is 0 Å². The number of nitrogens with one attached hydrogen (secondary N) is 1. The molecule has 0 bridgehead atoms. The Morgan fingerprint density at radius 2 is 2.00 bits per heavy atom. The fourth-order valence-electron chi connectivity index (χ4n) is 1.84. The lowest BCUT2D eigenvalue weighted by molar-refractivity contribution is 0.187. The summed E-state index contributed by atoms with van der Waals surface area (Å²) >= 11 is 1.77. The summed E-state index contributed by atoms with van der Waals surface area (Å²) < 4.78 is 0. The molecule has 0 saturated heterocycles. The highest BCUT2D eigenvalue weighted by atomic mass is 32.2. The summed E-state index contributed by atoms with van der Waals surface area (Å²) in [5.74, 6) is 0.974. The summed E-state index contributed by atoms with van der Waals surface area (Å²) in [7, 11) is 0. The van der Waals surface area contributed by atoms with E-state index in [2.05, 4.69) is 18.5 Å². The van der Waals surface area contributed by atoms with Gasteiger partial charge in [-0.25, -0.2) is 4.79 Å². The highest BCUT2D eigenvalue weighted by molar-refractivity contribution is 7.97. The van der Waals surface area contributed by atoms with Crippen LogP contribution in [0.2, 0.25) is 0 Å². The molecule has 5 heteroatoms. The Kier molecular flexibility index (Phi) is 8.14. The quantitative estimate of drug-likeness (QED) is 0.774. The number of amides is 2. The van der Waals surface area contributed by atoms with Crippen LogP contribution in [0.25, 0.3) is 0 Å². The molecule has 0 fully saturated rings. The van der Waals surface area contributed by atoms with Crippen LogP contribution < -0.4 is 5.32 Å². The number of benzene rings is 1. The van der Waals surface area contributed by atoms with Crippen LogP contribution in [0.3, 0.4) is 0 Å². The molecule has 0 heterocycles. The van der Waals surface area contributed by atoms with Crippen LogP contribution in [-0.4, -0.2) is 42.0 Å². The maximum Gasteiger partial charge on any atom is 0.321 e. The maximum atomic E-state index is 12.1. The first-order chi connectivity index (χ1) is 9.71. The van der Waals surface area contributed by atoms with Gasteiger partial charge in [-0.2, -0.15) is 11.8 Å². The van der Waals surface area contributed by atoms with Gasteiger partial charge in [0.05, 0.1) is 6.61 Å². The van der Waals surface area contributed by atoms with Gasteiger partial charge >= 0.3 is 6.03 Å². The van der Waals surface area contributed by atoms with Gasteiger partial charge in [-0.05, 0) is 30.4 Å². The van der Waals surface area contributed by atoms with Crippen LogP contribution in [0.5, 0.6) is 0 Å². The van der Waals surface area contributed by atoms with Gasteiger partial charge in [-0.1, -0.05) is 25.5 Å². The average molecular weight is 296 g/mol. The van der Waals surface area contributed by atoms with Crippen molar-refractivity contribution in [2.75, 3.05) is 31.3 Å². The van der Waals surface area contributed by atoms with E-state index in [1.54, 1.807) is 16.7 Å². The second kappa shape index (κ2) is 9.66. The van der Waals surface area contributed by atoms with Crippen molar-refractivity contribution < 1.29 is 9.90 Å². The summed E-state index contributed by atoms with van der Waals surface area (Å²) in [6.07, 6.45) is 4.04. The lowest BCUT2D eigenvalue weighted by Crippen LogP contribution is -2.37. The average Bonchev–Trinajstić information content (AvgIpc) is 2.45. The molecule has 0 unspecified atom stereocenters. The molecule has 1 rings (SSSR count). The number of aliphatic hydroxyl groups excluding tert-OH is 1. The zero-order chi connectivity index (χ0) is 14.8. The molecule has 2 amide bonds. The Bertz CT molecular complexity index is 395. The number of anilines is 1. The van der Waals surface area contributed by atoms with E-state index in [0.29, 0.717) is 13.1 Å². The van der Waals surface area contributed by atoms with Crippen molar-refractivity contribution in [1.29, 1.82) is 0 Å². The van der Waals surface area contributed by atoms with Crippen molar-refractivity contribution in [3.05, 3.63) is 29.8 Å². The highest BCUT2D eigenvalue weighted by Crippen LogP contribution is 2.14. The lowest BCUT2D eigenvalue weighted by Gasteiger charge is -2.22. The van der Waals surface area contributed by atoms with E-state index in [1.165, 1.54) is 5.56 Å². The van der Waals surface area contributed by atoms with E-state index in [1.807, 2.05) is 24.3 Å². The second-order valence-corrected chi connectivity index (χ2v) is 5.49. The van der Waals surface area contributed by atoms with E-state index >= 15 is 0 Å². The zero-order valence-corrected chi connectivity index (χ0v) is 13.1. The van der Waals surface area contributed by atoms with E-state index in [9.17, 15) is 4.79 Å². The molecular formula is C15H24N2O2S. The minimum atomic E-state index is -0.148. The van der Waals surface area contributed by atoms with Gasteiger partial charge in [0.25, 0.3) is 0 Å². The number of thioether (sulfide) groups is 1. The van der Waals surface area contributed by atoms with E-state index in [0.717, 1.165) is 24.3 Å². The molecule has 0 aromatic heterocycles. The van der Waals surface area contributed by atoms with Crippen molar-refractivity contribution >= 4 is 23.5 Å². The minimum Gasteiger partial charge on any atom is -0.395 e. The SMILES string of the molecule is CCCCN(CCO)C(=O)Nc1ccc(CSC)cc1. The number of unbranched alkanes of at least 4 members (excludes halogenated alkanes) is 1. The van der Waals surface area contributed by atoms with Gasteiger partial charge < -0.3 is 15.3 Å². The first-order valence-electron chi connectivity index (χ1n) is 6.96. The first kappa shape index (κ1) is 16.9. The fraction of sp³-hybridized carbons (Fsp3) is 0.533. The monoisotopic (exact) mass is 296 g/mol. The third-order valence-electron chi connectivity index (χ3n) is 2.95. The standard InChI is InChI=1S/C15H24N2O2S/c1-3-4-9-17(10-11-18)15(19)16-14-7-5-13(6-8-14)12-20-2/h5-8,18H,3-4,9-12H2,1-2H3,(H,16,19). The highest BCUT2D eigenvalue weighted by Gasteiger charge is 2.12. The Morgan fingerprint density at radius 3 is 2.55 bits per heavy atom. The summed E-state index contributed by atoms with van der Waals surface area (Å²) in [5, 5.41) is 11.9. The minimum absolute atomic E-state index is 0.0101. The van der Waals surface area contributed by atoms with Gasteiger partial charge in [0.2, 0.25) is 0 Å². The molecule has 0 aliphatic heterocycles. The maximum absolute atomic E-state index is 12.1. The van der Waals surface area contributed by atoms with Crippen LogP contribution in [0, 0.1) is 0 Å². The summed E-state index contributed by atoms with van der Waals surface area (Å²) in [4.78, 5) is 13.8. The van der Waals surface area contributed by atoms with Gasteiger partial charge in [0.1, 0.15) is 0 Å². The topological polar surface area (TPSA) is 52.6 Å². The molecule has 0 aliphatic rings. The van der Waals surface area contributed by atoms with Gasteiger partial charge in [0.15, 0.2) is 0 Å². The van der Waals surface area contributed by atoms with Crippen LogP contribution >= 0.6 is 11.8 Å². The predicted molar refractivity (Wildman–Crippen MR) is 86.2 cm³/mol. The number of carbonyl (C=O) groups excluding carboxylic acids is 1. The van der Waals surface area contributed by atoms with Crippen molar-refractivity contribution in [2.45, 2.75) is 25.5 Å². The Morgan fingerprint density at radius 1 is 1.30 bits per heavy atom. The third-order valence-corrected chi connectivity index (χ3v) is 3.58. The summed E-state index contributed by atoms with van der Waals surface area (Å²) in [6.45, 7) is 3.12. The van der Waals surface area contributed by atoms with Crippen LogP contribution in [0.4, 0.5) is 10.5 Å². The molecule has 0 aliphatic carbocycles. The number of hydrogen-bond donors (Lipinski definition) is 2. The Labute approximate surface area is 125 Å². The van der Waals surface area contributed by atoms with Crippen LogP contribution in [0.1, 0.15) is 25.3 Å². The van der Waals surface area contributed by atoms with Gasteiger partial charge in [0, 0.05) is 24.5 Å². The molecule has 0 saturated carbocycles. The normalized spacial score (nSPS) is 10.3. The molecule has 20 heavy (non-hydrogen) atoms.